The Balaban J connectivity index is 1.54. The highest BCUT2D eigenvalue weighted by molar-refractivity contribution is 7.80. The molecule has 4 rings (SSSR count). The molecule has 1 aliphatic rings. The monoisotopic (exact) mass is 463 g/mol. The Morgan fingerprint density at radius 1 is 0.938 bits per heavy atom. The lowest BCUT2D eigenvalue weighted by Crippen LogP contribution is -2.39. The Kier molecular flexibility index (Phi) is 6.83. The van der Waals surface area contributed by atoms with Crippen LogP contribution >= 0.6 is 23.8 Å². The van der Waals surface area contributed by atoms with Crippen LogP contribution < -0.4 is 10.2 Å². The van der Waals surface area contributed by atoms with Crippen molar-refractivity contribution in [1.29, 1.82) is 0 Å². The molecule has 1 aliphatic heterocycles. The number of rotatable bonds is 7. The molecule has 0 spiro atoms. The zero-order valence-corrected chi connectivity index (χ0v) is 18.9. The van der Waals surface area contributed by atoms with Crippen molar-refractivity contribution in [2.24, 2.45) is 0 Å². The maximum atomic E-state index is 13.4. The molecule has 0 bridgehead atoms. The molecule has 2 amide bonds. The van der Waals surface area contributed by atoms with Gasteiger partial charge in [0, 0.05) is 17.3 Å². The van der Waals surface area contributed by atoms with E-state index in [1.54, 1.807) is 24.3 Å². The fraction of sp³-hybridized carbons (Fsp3) is 0.160. The normalized spacial score (nSPS) is 15.8. The molecule has 1 heterocycles. The van der Waals surface area contributed by atoms with Crippen molar-refractivity contribution in [2.45, 2.75) is 18.9 Å². The second-order valence-electron chi connectivity index (χ2n) is 7.50. The summed E-state index contributed by atoms with van der Waals surface area (Å²) in [6.07, 6.45) is 0.714. The summed E-state index contributed by atoms with van der Waals surface area (Å²) < 4.78 is 0. The van der Waals surface area contributed by atoms with Crippen LogP contribution in [0.4, 0.5) is 11.4 Å². The maximum absolute atomic E-state index is 13.4. The Bertz CT molecular complexity index is 1110. The van der Waals surface area contributed by atoms with E-state index in [0.717, 1.165) is 5.56 Å². The smallest absolute Gasteiger partial charge is 0.256 e. The first kappa shape index (κ1) is 22.0. The predicted molar refractivity (Wildman–Crippen MR) is 132 cm³/mol. The summed E-state index contributed by atoms with van der Waals surface area (Å²) in [5, 5.41) is 3.85. The fourth-order valence-electron chi connectivity index (χ4n) is 3.72. The van der Waals surface area contributed by atoms with Crippen molar-refractivity contribution in [2.75, 3.05) is 16.8 Å². The van der Waals surface area contributed by atoms with E-state index >= 15 is 0 Å². The number of thiocarbonyl (C=S) groups is 1. The van der Waals surface area contributed by atoms with Crippen molar-refractivity contribution in [3.05, 3.63) is 95.5 Å². The number of nitrogens with zero attached hydrogens (tertiary/aromatic N) is 2. The SMILES string of the molecule is O=C(C[C@@H]1C(=O)N(c2ccccc2)C(=S)N1CCc1ccccc1)Nc1ccc(Cl)cc1. The van der Waals surface area contributed by atoms with Crippen LogP contribution in [0.1, 0.15) is 12.0 Å². The fourth-order valence-corrected chi connectivity index (χ4v) is 4.26. The van der Waals surface area contributed by atoms with E-state index in [1.807, 2.05) is 65.6 Å². The Labute approximate surface area is 197 Å². The summed E-state index contributed by atoms with van der Waals surface area (Å²) >= 11 is 11.6. The molecule has 5 nitrogen and oxygen atoms in total. The molecule has 162 valence electrons. The van der Waals surface area contributed by atoms with Gasteiger partial charge in [-0.25, -0.2) is 0 Å². The number of hydrogen-bond acceptors (Lipinski definition) is 3. The van der Waals surface area contributed by atoms with Crippen LogP contribution in [0.25, 0.3) is 0 Å². The second-order valence-corrected chi connectivity index (χ2v) is 8.30. The van der Waals surface area contributed by atoms with Gasteiger partial charge in [-0.2, -0.15) is 0 Å². The molecule has 0 radical (unpaired) electrons. The molecule has 3 aromatic carbocycles. The van der Waals surface area contributed by atoms with Crippen molar-refractivity contribution >= 4 is 52.1 Å². The molecule has 1 N–H and O–H groups in total. The number of benzene rings is 3. The van der Waals surface area contributed by atoms with Crippen molar-refractivity contribution < 1.29 is 9.59 Å². The predicted octanol–water partition coefficient (Wildman–Crippen LogP) is 4.91. The van der Waals surface area contributed by atoms with Crippen LogP contribution in [-0.4, -0.2) is 34.4 Å². The summed E-state index contributed by atoms with van der Waals surface area (Å²) in [6.45, 7) is 0.539. The van der Waals surface area contributed by atoms with E-state index in [4.69, 9.17) is 23.8 Å². The van der Waals surface area contributed by atoms with Crippen molar-refractivity contribution in [1.82, 2.24) is 4.90 Å². The molecule has 1 saturated heterocycles. The molecule has 0 aromatic heterocycles. The number of carbonyl (C=O) groups is 2. The first-order valence-electron chi connectivity index (χ1n) is 10.3. The molecule has 1 atom stereocenters. The molecular formula is C25H22ClN3O2S. The average Bonchev–Trinajstić information content (AvgIpc) is 3.04. The summed E-state index contributed by atoms with van der Waals surface area (Å²) in [6, 6.07) is 25.5. The largest absolute Gasteiger partial charge is 0.336 e. The van der Waals surface area contributed by atoms with Crippen LogP contribution in [0.5, 0.6) is 0 Å². The molecule has 32 heavy (non-hydrogen) atoms. The Hall–Kier alpha value is -3.22. The zero-order valence-electron chi connectivity index (χ0n) is 17.3. The van der Waals surface area contributed by atoms with Gasteiger partial charge in [-0.1, -0.05) is 60.1 Å². The van der Waals surface area contributed by atoms with Gasteiger partial charge in [0.05, 0.1) is 12.1 Å². The number of anilines is 2. The summed E-state index contributed by atoms with van der Waals surface area (Å²) in [5.41, 5.74) is 2.47. The van der Waals surface area contributed by atoms with E-state index in [1.165, 1.54) is 4.90 Å². The van der Waals surface area contributed by atoms with Gasteiger partial charge >= 0.3 is 0 Å². The maximum Gasteiger partial charge on any atom is 0.256 e. The number of amides is 2. The molecule has 0 saturated carbocycles. The van der Waals surface area contributed by atoms with Gasteiger partial charge in [0.25, 0.3) is 5.91 Å². The highest BCUT2D eigenvalue weighted by Crippen LogP contribution is 2.27. The number of halogens is 1. The standard InChI is InChI=1S/C25H22ClN3O2S/c26-19-11-13-20(14-12-19)27-23(30)17-22-24(31)29(21-9-5-2-6-10-21)25(32)28(22)16-15-18-7-3-1-4-8-18/h1-14,22H,15-17H2,(H,27,30)/t22-/m1/s1. The topological polar surface area (TPSA) is 52.7 Å². The summed E-state index contributed by atoms with van der Waals surface area (Å²) in [5.74, 6) is -0.450. The Morgan fingerprint density at radius 2 is 1.56 bits per heavy atom. The number of para-hydroxylation sites is 1. The molecule has 1 fully saturated rings. The number of nitrogens with one attached hydrogen (secondary N) is 1. The van der Waals surface area contributed by atoms with Crippen LogP contribution in [-0.2, 0) is 16.0 Å². The van der Waals surface area contributed by atoms with Crippen LogP contribution in [0, 0.1) is 0 Å². The van der Waals surface area contributed by atoms with Gasteiger partial charge in [-0.15, -0.1) is 0 Å². The minimum absolute atomic E-state index is 0.000275. The molecule has 0 unspecified atom stereocenters. The van der Waals surface area contributed by atoms with Gasteiger partial charge in [-0.05, 0) is 60.6 Å². The third-order valence-corrected chi connectivity index (χ3v) is 5.99. The molecule has 3 aromatic rings. The van der Waals surface area contributed by atoms with E-state index in [9.17, 15) is 9.59 Å². The first-order chi connectivity index (χ1) is 15.5. The minimum Gasteiger partial charge on any atom is -0.336 e. The molecule has 0 aliphatic carbocycles. The number of hydrogen-bond donors (Lipinski definition) is 1. The lowest BCUT2D eigenvalue weighted by Gasteiger charge is -2.24. The van der Waals surface area contributed by atoms with Gasteiger partial charge in [0.1, 0.15) is 6.04 Å². The zero-order chi connectivity index (χ0) is 22.5. The van der Waals surface area contributed by atoms with E-state index < -0.39 is 6.04 Å². The lowest BCUT2D eigenvalue weighted by atomic mass is 10.1. The van der Waals surface area contributed by atoms with Crippen molar-refractivity contribution in [3.63, 3.8) is 0 Å². The third kappa shape index (κ3) is 4.98. The Morgan fingerprint density at radius 3 is 2.22 bits per heavy atom. The average molecular weight is 464 g/mol. The van der Waals surface area contributed by atoms with Gasteiger partial charge < -0.3 is 10.2 Å². The number of carbonyl (C=O) groups excluding carboxylic acids is 2. The molecule has 7 heteroatoms. The van der Waals surface area contributed by atoms with E-state index in [-0.39, 0.29) is 18.2 Å². The third-order valence-electron chi connectivity index (χ3n) is 5.32. The minimum atomic E-state index is -0.668. The van der Waals surface area contributed by atoms with E-state index in [2.05, 4.69) is 5.32 Å². The van der Waals surface area contributed by atoms with Gasteiger partial charge in [-0.3, -0.25) is 14.5 Å². The molecular weight excluding hydrogens is 442 g/mol. The van der Waals surface area contributed by atoms with Gasteiger partial charge in [0.15, 0.2) is 5.11 Å². The second kappa shape index (κ2) is 9.94. The van der Waals surface area contributed by atoms with E-state index in [0.29, 0.717) is 34.5 Å². The lowest BCUT2D eigenvalue weighted by molar-refractivity contribution is -0.124. The summed E-state index contributed by atoms with van der Waals surface area (Å²) in [7, 11) is 0. The first-order valence-corrected chi connectivity index (χ1v) is 11.1. The quantitative estimate of drug-likeness (QED) is 0.505. The van der Waals surface area contributed by atoms with Crippen LogP contribution in [0.15, 0.2) is 84.9 Å². The van der Waals surface area contributed by atoms with Gasteiger partial charge in [0.2, 0.25) is 5.91 Å². The highest BCUT2D eigenvalue weighted by atomic mass is 35.5. The van der Waals surface area contributed by atoms with Crippen LogP contribution in [0.2, 0.25) is 5.02 Å². The summed E-state index contributed by atoms with van der Waals surface area (Å²) in [4.78, 5) is 29.5. The van der Waals surface area contributed by atoms with Crippen LogP contribution in [0.3, 0.4) is 0 Å². The van der Waals surface area contributed by atoms with Crippen molar-refractivity contribution in [3.8, 4) is 0 Å². The highest BCUT2D eigenvalue weighted by Gasteiger charge is 2.43.